The summed E-state index contributed by atoms with van der Waals surface area (Å²) in [5.41, 5.74) is 1.18. The summed E-state index contributed by atoms with van der Waals surface area (Å²) in [7, 11) is 0. The van der Waals surface area contributed by atoms with Crippen LogP contribution in [0, 0.1) is 11.3 Å². The van der Waals surface area contributed by atoms with Crippen LogP contribution in [0.4, 0.5) is 5.69 Å². The summed E-state index contributed by atoms with van der Waals surface area (Å²) >= 11 is 0. The quantitative estimate of drug-likeness (QED) is 0.656. The smallest absolute Gasteiger partial charge is 0.276 e. The molecular weight excluding hydrogens is 394 g/mol. The van der Waals surface area contributed by atoms with Crippen molar-refractivity contribution in [2.45, 2.75) is 40.1 Å². The number of hydrogen-bond donors (Lipinski definition) is 2. The summed E-state index contributed by atoms with van der Waals surface area (Å²) in [5.74, 6) is -0.0554. The van der Waals surface area contributed by atoms with Gasteiger partial charge in [-0.25, -0.2) is 5.10 Å². The van der Waals surface area contributed by atoms with Gasteiger partial charge in [-0.3, -0.25) is 9.59 Å². The van der Waals surface area contributed by atoms with Crippen LogP contribution in [0.1, 0.15) is 50.0 Å². The molecule has 0 unspecified atom stereocenters. The predicted octanol–water partition coefficient (Wildman–Crippen LogP) is 4.27. The van der Waals surface area contributed by atoms with Crippen molar-refractivity contribution in [2.24, 2.45) is 11.3 Å². The van der Waals surface area contributed by atoms with Crippen molar-refractivity contribution >= 4 is 22.4 Å². The van der Waals surface area contributed by atoms with Crippen LogP contribution < -0.4 is 10.9 Å². The lowest BCUT2D eigenvalue weighted by Crippen LogP contribution is -2.45. The maximum Gasteiger partial charge on any atom is 0.276 e. The lowest BCUT2D eigenvalue weighted by atomic mass is 9.80. The summed E-state index contributed by atoms with van der Waals surface area (Å²) in [6.07, 6.45) is -0.439. The van der Waals surface area contributed by atoms with Crippen LogP contribution in [-0.4, -0.2) is 28.8 Å². The van der Waals surface area contributed by atoms with Gasteiger partial charge in [-0.2, -0.15) is 5.10 Å². The van der Waals surface area contributed by atoms with Crippen molar-refractivity contribution in [2.75, 3.05) is 11.9 Å². The molecule has 3 aromatic rings. The molecule has 0 aliphatic carbocycles. The van der Waals surface area contributed by atoms with E-state index in [0.717, 1.165) is 5.56 Å². The molecule has 1 saturated heterocycles. The number of carbonyl (C=O) groups excluding carboxylic acids is 1. The van der Waals surface area contributed by atoms with Gasteiger partial charge in [0.25, 0.3) is 11.5 Å². The molecule has 2 N–H and O–H groups in total. The molecule has 1 aliphatic heterocycles. The Kier molecular flexibility index (Phi) is 5.64. The fourth-order valence-corrected chi connectivity index (χ4v) is 4.20. The Morgan fingerprint density at radius 1 is 1.16 bits per heavy atom. The molecule has 2 atom stereocenters. The summed E-state index contributed by atoms with van der Waals surface area (Å²) < 4.78 is 12.3. The first-order valence-electron chi connectivity index (χ1n) is 10.4. The maximum absolute atomic E-state index is 12.9. The molecule has 0 spiro atoms. The molecule has 1 aliphatic rings. The number of anilines is 1. The Balaban J connectivity index is 1.57. The van der Waals surface area contributed by atoms with E-state index in [9.17, 15) is 9.59 Å². The zero-order chi connectivity index (χ0) is 22.2. The number of fused-ring (bicyclic) bond motifs is 1. The van der Waals surface area contributed by atoms with Crippen LogP contribution in [-0.2, 0) is 9.47 Å². The van der Waals surface area contributed by atoms with E-state index < -0.39 is 12.2 Å². The van der Waals surface area contributed by atoms with Gasteiger partial charge in [0.05, 0.1) is 18.1 Å². The molecule has 0 saturated carbocycles. The summed E-state index contributed by atoms with van der Waals surface area (Å²) in [6.45, 7) is 9.17. The van der Waals surface area contributed by atoms with Crippen LogP contribution in [0.15, 0.2) is 53.3 Å². The zero-order valence-electron chi connectivity index (χ0n) is 18.1. The van der Waals surface area contributed by atoms with E-state index >= 15 is 0 Å². The molecule has 2 heterocycles. The summed E-state index contributed by atoms with van der Waals surface area (Å²) in [6, 6.07) is 14.3. The standard InChI is InChI=1S/C24H27N3O4/c1-14(2)20-24(3,4)13-30-23(31-20)15-8-7-9-16(12-15)25-22(29)19-17-10-5-6-11-18(17)21(28)27-26-19/h5-12,14,20,23H,13H2,1-4H3,(H,25,29)(H,27,28)/t20-,23+/m0/s1. The first-order chi connectivity index (χ1) is 14.8. The van der Waals surface area contributed by atoms with Gasteiger partial charge in [0.15, 0.2) is 12.0 Å². The van der Waals surface area contributed by atoms with Gasteiger partial charge >= 0.3 is 0 Å². The lowest BCUT2D eigenvalue weighted by molar-refractivity contribution is -0.274. The number of carbonyl (C=O) groups is 1. The molecule has 4 rings (SSSR count). The van der Waals surface area contributed by atoms with Gasteiger partial charge in [-0.15, -0.1) is 0 Å². The third-order valence-corrected chi connectivity index (χ3v) is 5.58. The monoisotopic (exact) mass is 421 g/mol. The fraction of sp³-hybridized carbons (Fsp3) is 0.375. The zero-order valence-corrected chi connectivity index (χ0v) is 18.1. The molecule has 2 aromatic carbocycles. The minimum Gasteiger partial charge on any atom is -0.348 e. The Morgan fingerprint density at radius 3 is 2.65 bits per heavy atom. The van der Waals surface area contributed by atoms with Crippen LogP contribution in [0.5, 0.6) is 0 Å². The molecule has 1 fully saturated rings. The SMILES string of the molecule is CC(C)[C@@H]1O[C@H](c2cccc(NC(=O)c3n[nH]c(=O)c4ccccc34)c2)OCC1(C)C. The molecule has 1 amide bonds. The van der Waals surface area contributed by atoms with E-state index in [4.69, 9.17) is 9.47 Å². The molecule has 31 heavy (non-hydrogen) atoms. The normalized spacial score (nSPS) is 20.7. The topological polar surface area (TPSA) is 93.3 Å². The minimum atomic E-state index is -0.496. The van der Waals surface area contributed by atoms with E-state index in [0.29, 0.717) is 29.0 Å². The fourth-order valence-electron chi connectivity index (χ4n) is 4.20. The maximum atomic E-state index is 12.9. The minimum absolute atomic E-state index is 0.0567. The van der Waals surface area contributed by atoms with Crippen molar-refractivity contribution in [1.82, 2.24) is 10.2 Å². The summed E-state index contributed by atoms with van der Waals surface area (Å²) in [5, 5.41) is 10.1. The molecule has 0 radical (unpaired) electrons. The number of ether oxygens (including phenoxy) is 2. The summed E-state index contributed by atoms with van der Waals surface area (Å²) in [4.78, 5) is 24.9. The van der Waals surface area contributed by atoms with Crippen molar-refractivity contribution < 1.29 is 14.3 Å². The second-order valence-electron chi connectivity index (χ2n) is 8.96. The van der Waals surface area contributed by atoms with E-state index in [-0.39, 0.29) is 22.8 Å². The van der Waals surface area contributed by atoms with Crippen LogP contribution in [0.25, 0.3) is 10.8 Å². The van der Waals surface area contributed by atoms with Gasteiger partial charge in [0.2, 0.25) is 0 Å². The Morgan fingerprint density at radius 2 is 1.90 bits per heavy atom. The highest BCUT2D eigenvalue weighted by atomic mass is 16.7. The third-order valence-electron chi connectivity index (χ3n) is 5.58. The first-order valence-corrected chi connectivity index (χ1v) is 10.4. The van der Waals surface area contributed by atoms with Crippen LogP contribution >= 0.6 is 0 Å². The molecule has 0 bridgehead atoms. The molecule has 7 heteroatoms. The number of nitrogens with zero attached hydrogens (tertiary/aromatic N) is 1. The second kappa shape index (κ2) is 8.24. The second-order valence-corrected chi connectivity index (χ2v) is 8.96. The number of benzene rings is 2. The largest absolute Gasteiger partial charge is 0.348 e. The van der Waals surface area contributed by atoms with E-state index in [2.05, 4.69) is 43.2 Å². The number of nitrogens with one attached hydrogen (secondary N) is 2. The molecule has 162 valence electrons. The van der Waals surface area contributed by atoms with Crippen LogP contribution in [0.3, 0.4) is 0 Å². The number of H-pyrrole nitrogens is 1. The first kappa shape index (κ1) is 21.2. The highest BCUT2D eigenvalue weighted by Gasteiger charge is 2.40. The number of aromatic nitrogens is 2. The highest BCUT2D eigenvalue weighted by molar-refractivity contribution is 6.11. The highest BCUT2D eigenvalue weighted by Crippen LogP contribution is 2.39. The van der Waals surface area contributed by atoms with Gasteiger partial charge in [0, 0.05) is 22.1 Å². The van der Waals surface area contributed by atoms with Gasteiger partial charge in [0.1, 0.15) is 0 Å². The van der Waals surface area contributed by atoms with Gasteiger partial charge < -0.3 is 14.8 Å². The average molecular weight is 421 g/mol. The Bertz CT molecular complexity index is 1170. The van der Waals surface area contributed by atoms with Gasteiger partial charge in [-0.1, -0.05) is 58.0 Å². The van der Waals surface area contributed by atoms with Crippen LogP contribution in [0.2, 0.25) is 0 Å². The van der Waals surface area contributed by atoms with E-state index in [1.54, 1.807) is 30.3 Å². The molecular formula is C24H27N3O4. The average Bonchev–Trinajstić information content (AvgIpc) is 2.74. The van der Waals surface area contributed by atoms with Crippen molar-refractivity contribution in [3.8, 4) is 0 Å². The number of hydrogen-bond acceptors (Lipinski definition) is 5. The Hall–Kier alpha value is -3.03. The van der Waals surface area contributed by atoms with E-state index in [1.807, 2.05) is 18.2 Å². The third kappa shape index (κ3) is 4.24. The van der Waals surface area contributed by atoms with E-state index in [1.165, 1.54) is 0 Å². The van der Waals surface area contributed by atoms with Crippen molar-refractivity contribution in [3.05, 3.63) is 70.1 Å². The number of amides is 1. The van der Waals surface area contributed by atoms with Gasteiger partial charge in [-0.05, 0) is 24.1 Å². The predicted molar refractivity (Wildman–Crippen MR) is 119 cm³/mol. The molecule has 1 aromatic heterocycles. The van der Waals surface area contributed by atoms with Crippen molar-refractivity contribution in [3.63, 3.8) is 0 Å². The number of aromatic amines is 1. The number of rotatable bonds is 4. The lowest BCUT2D eigenvalue weighted by Gasteiger charge is -2.44. The van der Waals surface area contributed by atoms with Crippen molar-refractivity contribution in [1.29, 1.82) is 0 Å². The molecule has 7 nitrogen and oxygen atoms in total. The Labute approximate surface area is 180 Å².